The van der Waals surface area contributed by atoms with E-state index >= 15 is 0 Å². The molecule has 6 nitrogen and oxygen atoms in total. The van der Waals surface area contributed by atoms with Crippen LogP contribution in [0.2, 0.25) is 0 Å². The van der Waals surface area contributed by atoms with Gasteiger partial charge in [-0.3, -0.25) is 14.2 Å². The Kier molecular flexibility index (Phi) is 4.94. The third-order valence-electron chi connectivity index (χ3n) is 3.69. The van der Waals surface area contributed by atoms with Gasteiger partial charge in [-0.05, 0) is 42.0 Å². The molecule has 2 heterocycles. The third kappa shape index (κ3) is 3.90. The van der Waals surface area contributed by atoms with Crippen molar-refractivity contribution in [2.24, 2.45) is 0 Å². The Balaban J connectivity index is 1.47. The van der Waals surface area contributed by atoms with E-state index in [1.54, 1.807) is 10.9 Å². The third-order valence-corrected chi connectivity index (χ3v) is 4.24. The molecular formula is C16H18IN5O. The normalized spacial score (nSPS) is 11.0. The largest absolute Gasteiger partial charge is 0.354 e. The summed E-state index contributed by atoms with van der Waals surface area (Å²) in [6, 6.07) is 8.13. The van der Waals surface area contributed by atoms with Crippen molar-refractivity contribution in [3.8, 4) is 0 Å². The zero-order valence-electron chi connectivity index (χ0n) is 12.9. The van der Waals surface area contributed by atoms with E-state index in [0.717, 1.165) is 27.7 Å². The van der Waals surface area contributed by atoms with Gasteiger partial charge in [0.1, 0.15) is 6.54 Å². The number of nitrogens with zero attached hydrogens (tertiary/aromatic N) is 4. The molecule has 1 amide bonds. The molecule has 0 saturated carbocycles. The summed E-state index contributed by atoms with van der Waals surface area (Å²) >= 11 is 2.17. The molecule has 120 valence electrons. The molecule has 3 rings (SSSR count). The van der Waals surface area contributed by atoms with Crippen molar-refractivity contribution < 1.29 is 4.79 Å². The van der Waals surface area contributed by atoms with Crippen LogP contribution in [-0.4, -0.2) is 32.0 Å². The van der Waals surface area contributed by atoms with Crippen LogP contribution in [0, 0.1) is 10.5 Å². The van der Waals surface area contributed by atoms with Crippen molar-refractivity contribution in [3.63, 3.8) is 0 Å². The molecule has 0 aliphatic carbocycles. The number of nitrogens with one attached hydrogen (secondary N) is 1. The topological polar surface area (TPSA) is 64.7 Å². The van der Waals surface area contributed by atoms with Crippen LogP contribution >= 0.6 is 22.6 Å². The van der Waals surface area contributed by atoms with Crippen LogP contribution in [0.15, 0.2) is 36.7 Å². The summed E-state index contributed by atoms with van der Waals surface area (Å²) in [5, 5.41) is 12.8. The molecule has 7 heteroatoms. The molecule has 23 heavy (non-hydrogen) atoms. The van der Waals surface area contributed by atoms with E-state index in [1.165, 1.54) is 5.39 Å². The van der Waals surface area contributed by atoms with E-state index in [1.807, 2.05) is 29.1 Å². The van der Waals surface area contributed by atoms with Gasteiger partial charge in [0.05, 0.1) is 15.3 Å². The summed E-state index contributed by atoms with van der Waals surface area (Å²) in [7, 11) is 0. The number of amides is 1. The Bertz CT molecular complexity index is 823. The van der Waals surface area contributed by atoms with Crippen molar-refractivity contribution in [1.29, 1.82) is 0 Å². The van der Waals surface area contributed by atoms with E-state index in [9.17, 15) is 4.79 Å². The number of carbonyl (C=O) groups excluding carboxylic acids is 1. The molecule has 2 aromatic heterocycles. The SMILES string of the molecule is Cc1c2ccccc2nn1CCCNC(=O)Cn1cc(I)cn1. The molecule has 0 fully saturated rings. The zero-order valence-corrected chi connectivity index (χ0v) is 15.0. The van der Waals surface area contributed by atoms with E-state index in [2.05, 4.69) is 51.1 Å². The zero-order chi connectivity index (χ0) is 16.2. The highest BCUT2D eigenvalue weighted by molar-refractivity contribution is 14.1. The molecule has 0 radical (unpaired) electrons. The van der Waals surface area contributed by atoms with Gasteiger partial charge in [0.2, 0.25) is 5.91 Å². The first-order valence-electron chi connectivity index (χ1n) is 7.50. The number of aromatic nitrogens is 4. The minimum absolute atomic E-state index is 0.0214. The highest BCUT2D eigenvalue weighted by Crippen LogP contribution is 2.16. The number of carbonyl (C=O) groups is 1. The first kappa shape index (κ1) is 16.0. The summed E-state index contributed by atoms with van der Waals surface area (Å²) in [5.74, 6) is -0.0214. The Morgan fingerprint density at radius 3 is 2.91 bits per heavy atom. The second-order valence-corrected chi connectivity index (χ2v) is 6.63. The maximum absolute atomic E-state index is 11.8. The van der Waals surface area contributed by atoms with Gasteiger partial charge in [-0.2, -0.15) is 10.2 Å². The average molecular weight is 423 g/mol. The summed E-state index contributed by atoms with van der Waals surface area (Å²) < 4.78 is 4.67. The lowest BCUT2D eigenvalue weighted by atomic mass is 10.2. The Labute approximate surface area is 148 Å². The van der Waals surface area contributed by atoms with Gasteiger partial charge in [-0.25, -0.2) is 0 Å². The fourth-order valence-corrected chi connectivity index (χ4v) is 2.96. The van der Waals surface area contributed by atoms with Crippen molar-refractivity contribution in [2.75, 3.05) is 6.54 Å². The van der Waals surface area contributed by atoms with Crippen LogP contribution in [0.25, 0.3) is 10.9 Å². The molecule has 0 bridgehead atoms. The molecule has 0 aliphatic heterocycles. The number of halogens is 1. The van der Waals surface area contributed by atoms with Crippen LogP contribution in [-0.2, 0) is 17.9 Å². The van der Waals surface area contributed by atoms with Crippen molar-refractivity contribution >= 4 is 39.4 Å². The summed E-state index contributed by atoms with van der Waals surface area (Å²) in [6.45, 7) is 3.76. The molecule has 0 atom stereocenters. The predicted molar refractivity (Wildman–Crippen MR) is 97.0 cm³/mol. The fraction of sp³-hybridized carbons (Fsp3) is 0.312. The smallest absolute Gasteiger partial charge is 0.241 e. The predicted octanol–water partition coefficient (Wildman–Crippen LogP) is 2.35. The molecular weight excluding hydrogens is 405 g/mol. The quantitative estimate of drug-likeness (QED) is 0.489. The second kappa shape index (κ2) is 7.12. The number of hydrogen-bond donors (Lipinski definition) is 1. The van der Waals surface area contributed by atoms with Gasteiger partial charge >= 0.3 is 0 Å². The van der Waals surface area contributed by atoms with Crippen LogP contribution in [0.3, 0.4) is 0 Å². The molecule has 0 spiro atoms. The summed E-state index contributed by atoms with van der Waals surface area (Å²) in [5.41, 5.74) is 2.18. The lowest BCUT2D eigenvalue weighted by Gasteiger charge is -2.07. The molecule has 0 unspecified atom stereocenters. The van der Waals surface area contributed by atoms with E-state index in [0.29, 0.717) is 6.54 Å². The number of benzene rings is 1. The van der Waals surface area contributed by atoms with Crippen LogP contribution in [0.4, 0.5) is 0 Å². The first-order valence-corrected chi connectivity index (χ1v) is 8.58. The van der Waals surface area contributed by atoms with Crippen LogP contribution in [0.1, 0.15) is 12.1 Å². The van der Waals surface area contributed by atoms with Gasteiger partial charge in [0.25, 0.3) is 0 Å². The van der Waals surface area contributed by atoms with Crippen LogP contribution in [0.5, 0.6) is 0 Å². The van der Waals surface area contributed by atoms with Crippen molar-refractivity contribution in [2.45, 2.75) is 26.4 Å². The lowest BCUT2D eigenvalue weighted by molar-refractivity contribution is -0.121. The van der Waals surface area contributed by atoms with E-state index in [4.69, 9.17) is 0 Å². The number of fused-ring (bicyclic) bond motifs is 1. The molecule has 0 saturated heterocycles. The van der Waals surface area contributed by atoms with Gasteiger partial charge in [-0.1, -0.05) is 18.2 Å². The Hall–Kier alpha value is -1.90. The minimum atomic E-state index is -0.0214. The Morgan fingerprint density at radius 1 is 1.35 bits per heavy atom. The molecule has 1 aromatic carbocycles. The summed E-state index contributed by atoms with van der Waals surface area (Å²) in [6.07, 6.45) is 4.43. The summed E-state index contributed by atoms with van der Waals surface area (Å²) in [4.78, 5) is 11.8. The highest BCUT2D eigenvalue weighted by atomic mass is 127. The number of aryl methyl sites for hydroxylation is 2. The monoisotopic (exact) mass is 423 g/mol. The molecule has 1 N–H and O–H groups in total. The van der Waals surface area contributed by atoms with Crippen molar-refractivity contribution in [1.82, 2.24) is 24.9 Å². The van der Waals surface area contributed by atoms with E-state index < -0.39 is 0 Å². The van der Waals surface area contributed by atoms with Crippen molar-refractivity contribution in [3.05, 3.63) is 45.9 Å². The standard InChI is InChI=1S/C16H18IN5O/c1-12-14-5-2-3-6-15(14)20-22(12)8-4-7-18-16(23)11-21-10-13(17)9-19-21/h2-3,5-6,9-10H,4,7-8,11H2,1H3,(H,18,23). The second-order valence-electron chi connectivity index (χ2n) is 5.39. The minimum Gasteiger partial charge on any atom is -0.354 e. The molecule has 0 aliphatic rings. The number of rotatable bonds is 6. The van der Waals surface area contributed by atoms with Gasteiger partial charge in [-0.15, -0.1) is 0 Å². The fourth-order valence-electron chi connectivity index (χ4n) is 2.51. The number of hydrogen-bond acceptors (Lipinski definition) is 3. The van der Waals surface area contributed by atoms with Gasteiger partial charge in [0.15, 0.2) is 0 Å². The van der Waals surface area contributed by atoms with Gasteiger partial charge < -0.3 is 5.32 Å². The maximum Gasteiger partial charge on any atom is 0.241 e. The maximum atomic E-state index is 11.8. The van der Waals surface area contributed by atoms with Crippen LogP contribution < -0.4 is 5.32 Å². The van der Waals surface area contributed by atoms with E-state index in [-0.39, 0.29) is 12.5 Å². The Morgan fingerprint density at radius 2 is 2.17 bits per heavy atom. The average Bonchev–Trinajstić information content (AvgIpc) is 3.08. The first-order chi connectivity index (χ1) is 11.1. The lowest BCUT2D eigenvalue weighted by Crippen LogP contribution is -2.29. The highest BCUT2D eigenvalue weighted by Gasteiger charge is 2.07. The molecule has 3 aromatic rings. The van der Waals surface area contributed by atoms with Gasteiger partial charge in [0, 0.05) is 30.4 Å².